The highest BCUT2D eigenvalue weighted by molar-refractivity contribution is 7.99. The van der Waals surface area contributed by atoms with Gasteiger partial charge in [-0.1, -0.05) is 29.8 Å². The van der Waals surface area contributed by atoms with Crippen LogP contribution in [0.4, 0.5) is 0 Å². The number of thioether (sulfide) groups is 1. The normalized spacial score (nSPS) is 17.8. The van der Waals surface area contributed by atoms with Gasteiger partial charge in [-0.3, -0.25) is 0 Å². The van der Waals surface area contributed by atoms with Crippen LogP contribution in [0.2, 0.25) is 0 Å². The summed E-state index contributed by atoms with van der Waals surface area (Å²) in [5, 5.41) is 9.29. The lowest BCUT2D eigenvalue weighted by atomic mass is 9.90. The van der Waals surface area contributed by atoms with Crippen molar-refractivity contribution in [3.63, 3.8) is 0 Å². The molecule has 1 saturated heterocycles. The summed E-state index contributed by atoms with van der Waals surface area (Å²) >= 11 is 1.92. The molecule has 0 radical (unpaired) electrons. The summed E-state index contributed by atoms with van der Waals surface area (Å²) in [4.78, 5) is 0. The molecule has 1 aliphatic rings. The van der Waals surface area contributed by atoms with Gasteiger partial charge in [0.25, 0.3) is 0 Å². The van der Waals surface area contributed by atoms with Gasteiger partial charge in [-0.05, 0) is 24.7 Å². The zero-order chi connectivity index (χ0) is 12.1. The van der Waals surface area contributed by atoms with Gasteiger partial charge in [0.1, 0.15) is 0 Å². The highest BCUT2D eigenvalue weighted by atomic mass is 32.2. The fraction of sp³-hybridized carbons (Fsp3) is 0.571. The van der Waals surface area contributed by atoms with Crippen LogP contribution < -0.4 is 0 Å². The van der Waals surface area contributed by atoms with Crippen molar-refractivity contribution in [1.29, 1.82) is 0 Å². The average molecular weight is 252 g/mol. The third kappa shape index (κ3) is 3.47. The maximum absolute atomic E-state index is 9.29. The summed E-state index contributed by atoms with van der Waals surface area (Å²) in [7, 11) is 0. The number of hydrogen-bond donors (Lipinski definition) is 1. The smallest absolute Gasteiger partial charge is 0.0575 e. The van der Waals surface area contributed by atoms with E-state index in [4.69, 9.17) is 4.74 Å². The van der Waals surface area contributed by atoms with Gasteiger partial charge in [0.15, 0.2) is 0 Å². The molecule has 94 valence electrons. The monoisotopic (exact) mass is 252 g/mol. The number of aliphatic hydroxyl groups excluding tert-OH is 1. The summed E-state index contributed by atoms with van der Waals surface area (Å²) in [6, 6.07) is 8.72. The molecule has 1 fully saturated rings. The standard InChI is InChI=1S/C14H20O2S/c1-12-2-4-13(5-3-12)6-7-17-11-14(8-15)9-16-10-14/h2-5,15H,6-11H2,1H3. The molecular weight excluding hydrogens is 232 g/mol. The Hall–Kier alpha value is -0.510. The molecule has 1 heterocycles. The van der Waals surface area contributed by atoms with Crippen LogP contribution in [0.3, 0.4) is 0 Å². The van der Waals surface area contributed by atoms with E-state index in [2.05, 4.69) is 31.2 Å². The van der Waals surface area contributed by atoms with Crippen LogP contribution in [0.25, 0.3) is 0 Å². The Labute approximate surface area is 107 Å². The number of hydrogen-bond acceptors (Lipinski definition) is 3. The first-order chi connectivity index (χ1) is 8.24. The number of ether oxygens (including phenoxy) is 1. The van der Waals surface area contributed by atoms with Gasteiger partial charge in [0.05, 0.1) is 19.8 Å². The van der Waals surface area contributed by atoms with Crippen molar-refractivity contribution in [1.82, 2.24) is 0 Å². The zero-order valence-electron chi connectivity index (χ0n) is 10.3. The van der Waals surface area contributed by atoms with Gasteiger partial charge in [-0.2, -0.15) is 11.8 Å². The second-order valence-electron chi connectivity index (χ2n) is 4.94. The summed E-state index contributed by atoms with van der Waals surface area (Å²) < 4.78 is 5.18. The lowest BCUT2D eigenvalue weighted by Gasteiger charge is -2.39. The van der Waals surface area contributed by atoms with Gasteiger partial charge < -0.3 is 9.84 Å². The van der Waals surface area contributed by atoms with E-state index in [1.807, 2.05) is 11.8 Å². The molecule has 0 amide bonds. The highest BCUT2D eigenvalue weighted by Crippen LogP contribution is 2.31. The topological polar surface area (TPSA) is 29.5 Å². The second kappa shape index (κ2) is 5.89. The van der Waals surface area contributed by atoms with Gasteiger partial charge in [-0.15, -0.1) is 0 Å². The molecule has 0 atom stereocenters. The lowest BCUT2D eigenvalue weighted by molar-refractivity contribution is -0.121. The molecule has 3 heteroatoms. The lowest BCUT2D eigenvalue weighted by Crippen LogP contribution is -2.47. The van der Waals surface area contributed by atoms with Crippen LogP contribution in [-0.2, 0) is 11.2 Å². The molecule has 1 N–H and O–H groups in total. The van der Waals surface area contributed by atoms with Crippen molar-refractivity contribution in [2.24, 2.45) is 5.41 Å². The molecule has 0 aromatic heterocycles. The third-order valence-corrected chi connectivity index (χ3v) is 4.53. The summed E-state index contributed by atoms with van der Waals surface area (Å²) in [6.45, 7) is 3.81. The Balaban J connectivity index is 1.67. The minimum absolute atomic E-state index is 0.0535. The van der Waals surface area contributed by atoms with Gasteiger partial charge >= 0.3 is 0 Å². The largest absolute Gasteiger partial charge is 0.396 e. The summed E-state index contributed by atoms with van der Waals surface area (Å²) in [5.41, 5.74) is 2.76. The van der Waals surface area contributed by atoms with E-state index in [0.29, 0.717) is 0 Å². The number of aliphatic hydroxyl groups is 1. The van der Waals surface area contributed by atoms with Crippen molar-refractivity contribution in [2.75, 3.05) is 31.3 Å². The van der Waals surface area contributed by atoms with Crippen LogP contribution in [-0.4, -0.2) is 36.4 Å². The number of benzene rings is 1. The van der Waals surface area contributed by atoms with Crippen molar-refractivity contribution in [3.05, 3.63) is 35.4 Å². The second-order valence-corrected chi connectivity index (χ2v) is 6.04. The molecule has 0 saturated carbocycles. The van der Waals surface area contributed by atoms with Crippen LogP contribution in [0, 0.1) is 12.3 Å². The Bertz CT molecular complexity index is 338. The molecule has 0 aliphatic carbocycles. The molecule has 0 bridgehead atoms. The molecule has 1 aromatic rings. The van der Waals surface area contributed by atoms with Crippen molar-refractivity contribution in [2.45, 2.75) is 13.3 Å². The van der Waals surface area contributed by atoms with Crippen LogP contribution in [0.1, 0.15) is 11.1 Å². The van der Waals surface area contributed by atoms with Gasteiger partial charge in [0.2, 0.25) is 0 Å². The predicted octanol–water partition coefficient (Wildman–Crippen LogP) is 2.28. The fourth-order valence-corrected chi connectivity index (χ4v) is 3.06. The molecule has 17 heavy (non-hydrogen) atoms. The maximum atomic E-state index is 9.29. The van der Waals surface area contributed by atoms with Gasteiger partial charge in [-0.25, -0.2) is 0 Å². The third-order valence-electron chi connectivity index (χ3n) is 3.22. The SMILES string of the molecule is Cc1ccc(CCSCC2(CO)COC2)cc1. The predicted molar refractivity (Wildman–Crippen MR) is 72.5 cm³/mol. The Morgan fingerprint density at radius 2 is 2.00 bits per heavy atom. The van der Waals surface area contributed by atoms with E-state index in [0.717, 1.165) is 31.1 Å². The van der Waals surface area contributed by atoms with Crippen LogP contribution >= 0.6 is 11.8 Å². The first-order valence-electron chi connectivity index (χ1n) is 6.06. The molecule has 2 nitrogen and oxygen atoms in total. The Morgan fingerprint density at radius 1 is 1.29 bits per heavy atom. The molecule has 0 unspecified atom stereocenters. The van der Waals surface area contributed by atoms with Crippen LogP contribution in [0.5, 0.6) is 0 Å². The Morgan fingerprint density at radius 3 is 2.53 bits per heavy atom. The van der Waals surface area contributed by atoms with E-state index in [-0.39, 0.29) is 12.0 Å². The number of rotatable bonds is 6. The minimum atomic E-state index is 0.0535. The molecule has 2 rings (SSSR count). The van der Waals surface area contributed by atoms with Crippen molar-refractivity contribution in [3.8, 4) is 0 Å². The molecule has 0 spiro atoms. The quantitative estimate of drug-likeness (QED) is 0.788. The zero-order valence-corrected chi connectivity index (χ0v) is 11.1. The average Bonchev–Trinajstić information content (AvgIpc) is 2.30. The van der Waals surface area contributed by atoms with E-state index in [1.165, 1.54) is 11.1 Å². The molecule has 1 aliphatic heterocycles. The first kappa shape index (κ1) is 12.9. The van der Waals surface area contributed by atoms with Gasteiger partial charge in [0, 0.05) is 11.2 Å². The molecular formula is C14H20O2S. The van der Waals surface area contributed by atoms with E-state index < -0.39 is 0 Å². The van der Waals surface area contributed by atoms with E-state index >= 15 is 0 Å². The van der Waals surface area contributed by atoms with Crippen molar-refractivity contribution >= 4 is 11.8 Å². The summed E-state index contributed by atoms with van der Waals surface area (Å²) in [6.07, 6.45) is 1.10. The van der Waals surface area contributed by atoms with E-state index in [1.54, 1.807) is 0 Å². The number of aryl methyl sites for hydroxylation is 2. The Kier molecular flexibility index (Phi) is 4.48. The minimum Gasteiger partial charge on any atom is -0.396 e. The maximum Gasteiger partial charge on any atom is 0.0575 e. The van der Waals surface area contributed by atoms with Crippen LogP contribution in [0.15, 0.2) is 24.3 Å². The van der Waals surface area contributed by atoms with Crippen molar-refractivity contribution < 1.29 is 9.84 Å². The summed E-state index contributed by atoms with van der Waals surface area (Å²) in [5.74, 6) is 2.13. The van der Waals surface area contributed by atoms with E-state index in [9.17, 15) is 5.11 Å². The first-order valence-corrected chi connectivity index (χ1v) is 7.21. The fourth-order valence-electron chi connectivity index (χ4n) is 1.84. The molecule has 1 aromatic carbocycles. The highest BCUT2D eigenvalue weighted by Gasteiger charge is 2.37.